The number of nitrogens with zero attached hydrogens (tertiary/aromatic N) is 4. The van der Waals surface area contributed by atoms with Crippen molar-refractivity contribution in [3.8, 4) is 11.1 Å². The van der Waals surface area contributed by atoms with Crippen LogP contribution in [-0.4, -0.2) is 71.9 Å². The number of rotatable bonds is 5. The molecule has 0 bridgehead atoms. The maximum atomic E-state index is 14.2. The molecular weight excluding hydrogens is 512 g/mol. The zero-order valence-corrected chi connectivity index (χ0v) is 22.4. The van der Waals surface area contributed by atoms with Gasteiger partial charge in [-0.15, -0.1) is 0 Å². The number of aromatic nitrogens is 1. The lowest BCUT2D eigenvalue weighted by Gasteiger charge is -2.36. The Labute approximate surface area is 232 Å². The molecule has 3 aliphatic heterocycles. The fourth-order valence-electron chi connectivity index (χ4n) is 6.08. The topological polar surface area (TPSA) is 68.8 Å². The highest BCUT2D eigenvalue weighted by Crippen LogP contribution is 2.33. The molecular formula is C31H33F2N5O2. The molecule has 0 aliphatic carbocycles. The smallest absolute Gasteiger partial charge is 0.253 e. The van der Waals surface area contributed by atoms with Crippen LogP contribution in [0.2, 0.25) is 0 Å². The Morgan fingerprint density at radius 1 is 0.900 bits per heavy atom. The van der Waals surface area contributed by atoms with Crippen LogP contribution in [0.25, 0.3) is 11.1 Å². The van der Waals surface area contributed by atoms with Crippen molar-refractivity contribution in [3.05, 3.63) is 77.5 Å². The summed E-state index contributed by atoms with van der Waals surface area (Å²) in [6.45, 7) is 4.83. The molecule has 0 saturated carbocycles. The zero-order chi connectivity index (χ0) is 27.6. The van der Waals surface area contributed by atoms with Gasteiger partial charge in [0.1, 0.15) is 17.5 Å². The summed E-state index contributed by atoms with van der Waals surface area (Å²) in [4.78, 5) is 36.9. The Morgan fingerprint density at radius 3 is 2.40 bits per heavy atom. The van der Waals surface area contributed by atoms with Gasteiger partial charge in [0, 0.05) is 55.1 Å². The van der Waals surface area contributed by atoms with Crippen LogP contribution < -0.4 is 10.2 Å². The molecule has 1 aromatic heterocycles. The molecule has 2 aromatic carbocycles. The summed E-state index contributed by atoms with van der Waals surface area (Å²) in [5, 5.41) is 3.20. The fraction of sp³-hybridized carbons (Fsp3) is 0.387. The highest BCUT2D eigenvalue weighted by molar-refractivity contribution is 5.99. The van der Waals surface area contributed by atoms with Crippen molar-refractivity contribution in [2.24, 2.45) is 0 Å². The van der Waals surface area contributed by atoms with Crippen LogP contribution in [-0.2, 0) is 11.2 Å². The SMILES string of the molecule is O=C(c1ccc(-c2cnc3c(c2)N(C(=O)Cc2cc(F)ccc2F)CCN3)cc1)N1CCC(N2CCCC2)CC1. The number of fused-ring (bicyclic) bond motifs is 1. The second kappa shape index (κ2) is 11.3. The fourth-order valence-corrected chi connectivity index (χ4v) is 6.08. The minimum absolute atomic E-state index is 0.0229. The minimum Gasteiger partial charge on any atom is -0.367 e. The maximum Gasteiger partial charge on any atom is 0.253 e. The van der Waals surface area contributed by atoms with Gasteiger partial charge >= 0.3 is 0 Å². The van der Waals surface area contributed by atoms with Gasteiger partial charge in [-0.25, -0.2) is 13.8 Å². The molecule has 208 valence electrons. The average molecular weight is 546 g/mol. The molecule has 2 fully saturated rings. The first-order valence-corrected chi connectivity index (χ1v) is 14.1. The standard InChI is InChI=1S/C31H33F2N5O2/c32-25-7-8-27(33)23(17-25)19-29(39)38-16-11-34-30-28(38)18-24(20-35-30)21-3-5-22(6-4-21)31(40)37-14-9-26(10-15-37)36-12-1-2-13-36/h3-8,17-18,20,26H,1-2,9-16,19H2,(H,34,35). The average Bonchev–Trinajstić information content (AvgIpc) is 3.53. The van der Waals surface area contributed by atoms with Crippen LogP contribution in [0.1, 0.15) is 41.6 Å². The van der Waals surface area contributed by atoms with Crippen LogP contribution >= 0.6 is 0 Å². The Morgan fingerprint density at radius 2 is 1.65 bits per heavy atom. The molecule has 6 rings (SSSR count). The second-order valence-corrected chi connectivity index (χ2v) is 10.8. The van der Waals surface area contributed by atoms with E-state index in [4.69, 9.17) is 0 Å². The lowest BCUT2D eigenvalue weighted by Crippen LogP contribution is -2.45. The molecule has 2 saturated heterocycles. The number of carbonyl (C=O) groups excluding carboxylic acids is 2. The molecule has 0 atom stereocenters. The maximum absolute atomic E-state index is 14.2. The number of amides is 2. The van der Waals surface area contributed by atoms with Gasteiger partial charge < -0.3 is 20.0 Å². The molecule has 7 nitrogen and oxygen atoms in total. The third-order valence-electron chi connectivity index (χ3n) is 8.31. The van der Waals surface area contributed by atoms with Gasteiger partial charge in [-0.1, -0.05) is 12.1 Å². The Hall–Kier alpha value is -3.85. The highest BCUT2D eigenvalue weighted by Gasteiger charge is 2.29. The van der Waals surface area contributed by atoms with Crippen molar-refractivity contribution in [3.63, 3.8) is 0 Å². The number of hydrogen-bond donors (Lipinski definition) is 1. The van der Waals surface area contributed by atoms with Crippen LogP contribution in [0.15, 0.2) is 54.7 Å². The Bertz CT molecular complexity index is 1400. The van der Waals surface area contributed by atoms with E-state index in [1.807, 2.05) is 35.2 Å². The zero-order valence-electron chi connectivity index (χ0n) is 22.4. The monoisotopic (exact) mass is 545 g/mol. The van der Waals surface area contributed by atoms with Gasteiger partial charge in [-0.3, -0.25) is 9.59 Å². The number of benzene rings is 2. The van der Waals surface area contributed by atoms with E-state index < -0.39 is 11.6 Å². The van der Waals surface area contributed by atoms with Gasteiger partial charge in [0.15, 0.2) is 0 Å². The lowest BCUT2D eigenvalue weighted by atomic mass is 10.0. The Balaban J connectivity index is 1.15. The van der Waals surface area contributed by atoms with Crippen molar-refractivity contribution in [2.45, 2.75) is 38.1 Å². The first-order valence-electron chi connectivity index (χ1n) is 14.1. The van der Waals surface area contributed by atoms with E-state index >= 15 is 0 Å². The molecule has 0 unspecified atom stereocenters. The number of piperidine rings is 1. The first-order chi connectivity index (χ1) is 19.5. The summed E-state index contributed by atoms with van der Waals surface area (Å²) in [5.74, 6) is -0.904. The summed E-state index contributed by atoms with van der Waals surface area (Å²) in [5.41, 5.74) is 2.93. The Kier molecular flexibility index (Phi) is 7.47. The number of likely N-dealkylation sites (tertiary alicyclic amines) is 2. The van der Waals surface area contributed by atoms with Gasteiger partial charge in [0.25, 0.3) is 5.91 Å². The molecule has 0 radical (unpaired) electrons. The summed E-state index contributed by atoms with van der Waals surface area (Å²) < 4.78 is 27.8. The van der Waals surface area contributed by atoms with E-state index in [9.17, 15) is 18.4 Å². The normalized spacial score (nSPS) is 17.9. The summed E-state index contributed by atoms with van der Waals surface area (Å²) >= 11 is 0. The number of carbonyl (C=O) groups is 2. The number of hydrogen-bond acceptors (Lipinski definition) is 5. The molecule has 1 N–H and O–H groups in total. The van der Waals surface area contributed by atoms with E-state index in [1.165, 1.54) is 25.9 Å². The molecule has 40 heavy (non-hydrogen) atoms. The van der Waals surface area contributed by atoms with Crippen molar-refractivity contribution < 1.29 is 18.4 Å². The lowest BCUT2D eigenvalue weighted by molar-refractivity contribution is -0.118. The molecule has 0 spiro atoms. The van der Waals surface area contributed by atoms with Gasteiger partial charge in [0.05, 0.1) is 12.1 Å². The summed E-state index contributed by atoms with van der Waals surface area (Å²) in [7, 11) is 0. The van der Waals surface area contributed by atoms with Crippen molar-refractivity contribution in [2.75, 3.05) is 49.5 Å². The van der Waals surface area contributed by atoms with Gasteiger partial charge in [-0.2, -0.15) is 0 Å². The third-order valence-corrected chi connectivity index (χ3v) is 8.31. The molecule has 3 aliphatic rings. The molecule has 3 aromatic rings. The van der Waals surface area contributed by atoms with Crippen molar-refractivity contribution in [1.82, 2.24) is 14.8 Å². The van der Waals surface area contributed by atoms with Crippen LogP contribution in [0.3, 0.4) is 0 Å². The van der Waals surface area contributed by atoms with E-state index in [0.717, 1.165) is 55.3 Å². The van der Waals surface area contributed by atoms with E-state index in [2.05, 4.69) is 15.2 Å². The van der Waals surface area contributed by atoms with Crippen LogP contribution in [0, 0.1) is 11.6 Å². The first kappa shape index (κ1) is 26.4. The molecule has 4 heterocycles. The molecule has 2 amide bonds. The van der Waals surface area contributed by atoms with Gasteiger partial charge in [-0.05, 0) is 80.7 Å². The highest BCUT2D eigenvalue weighted by atomic mass is 19.1. The number of nitrogens with one attached hydrogen (secondary N) is 1. The van der Waals surface area contributed by atoms with Crippen LogP contribution in [0.5, 0.6) is 0 Å². The van der Waals surface area contributed by atoms with E-state index in [0.29, 0.717) is 36.2 Å². The van der Waals surface area contributed by atoms with Crippen molar-refractivity contribution in [1.29, 1.82) is 0 Å². The molecule has 9 heteroatoms. The van der Waals surface area contributed by atoms with Crippen LogP contribution in [0.4, 0.5) is 20.3 Å². The number of anilines is 2. The quantitative estimate of drug-likeness (QED) is 0.502. The van der Waals surface area contributed by atoms with Gasteiger partial charge in [0.2, 0.25) is 5.91 Å². The predicted octanol–water partition coefficient (Wildman–Crippen LogP) is 4.73. The van der Waals surface area contributed by atoms with E-state index in [-0.39, 0.29) is 23.8 Å². The second-order valence-electron chi connectivity index (χ2n) is 10.8. The van der Waals surface area contributed by atoms with Crippen molar-refractivity contribution >= 4 is 23.3 Å². The summed E-state index contributed by atoms with van der Waals surface area (Å²) in [6, 6.07) is 13.1. The number of pyridine rings is 1. The third kappa shape index (κ3) is 5.43. The van der Waals surface area contributed by atoms with E-state index in [1.54, 1.807) is 11.1 Å². The number of halogens is 2. The predicted molar refractivity (Wildman–Crippen MR) is 150 cm³/mol. The minimum atomic E-state index is -0.609. The largest absolute Gasteiger partial charge is 0.367 e. The summed E-state index contributed by atoms with van der Waals surface area (Å²) in [6.07, 6.45) is 6.10.